The average Bonchev–Trinajstić information content (AvgIpc) is 2.37. The minimum absolute atomic E-state index is 0.173. The fourth-order valence-corrected chi connectivity index (χ4v) is 1.76. The lowest BCUT2D eigenvalue weighted by Gasteiger charge is -2.21. The number of ether oxygens (including phenoxy) is 1. The van der Waals surface area contributed by atoms with Crippen molar-refractivity contribution >= 4 is 0 Å². The van der Waals surface area contributed by atoms with E-state index >= 15 is 0 Å². The number of hydrogen-bond donors (Lipinski definition) is 1. The normalized spacial score (nSPS) is 10.5. The zero-order valence-corrected chi connectivity index (χ0v) is 10.4. The second kappa shape index (κ2) is 7.87. The first-order valence-electron chi connectivity index (χ1n) is 5.87. The van der Waals surface area contributed by atoms with Crippen molar-refractivity contribution in [2.45, 2.75) is 13.0 Å². The van der Waals surface area contributed by atoms with E-state index in [1.807, 2.05) is 24.3 Å². The van der Waals surface area contributed by atoms with Crippen molar-refractivity contribution < 1.29 is 9.84 Å². The van der Waals surface area contributed by atoms with E-state index in [2.05, 4.69) is 17.5 Å². The van der Waals surface area contributed by atoms with Gasteiger partial charge in [0.15, 0.2) is 0 Å². The molecule has 0 radical (unpaired) electrons. The Labute approximate surface area is 103 Å². The molecule has 0 aromatic heterocycles. The van der Waals surface area contributed by atoms with Crippen LogP contribution >= 0.6 is 0 Å². The molecule has 1 N–H and O–H groups in total. The summed E-state index contributed by atoms with van der Waals surface area (Å²) in [5.41, 5.74) is 1.15. The molecule has 1 aromatic rings. The number of benzene rings is 1. The van der Waals surface area contributed by atoms with Crippen LogP contribution in [0.4, 0.5) is 0 Å². The standard InChI is InChI=1S/C14H21NO2/c1-3-4-9-15(10-11-16)12-13-7-5-6-8-14(13)17-2/h3,5-8,16H,1,4,9-12H2,2H3. The molecule has 0 saturated carbocycles. The van der Waals surface area contributed by atoms with Crippen molar-refractivity contribution in [2.75, 3.05) is 26.8 Å². The molecular formula is C14H21NO2. The highest BCUT2D eigenvalue weighted by molar-refractivity contribution is 5.33. The molecule has 0 unspecified atom stereocenters. The second-order valence-electron chi connectivity index (χ2n) is 3.89. The fraction of sp³-hybridized carbons (Fsp3) is 0.429. The third-order valence-electron chi connectivity index (χ3n) is 2.65. The van der Waals surface area contributed by atoms with E-state index in [-0.39, 0.29) is 6.61 Å². The summed E-state index contributed by atoms with van der Waals surface area (Å²) in [6.45, 7) is 6.26. The molecule has 0 fully saturated rings. The SMILES string of the molecule is C=CCCN(CCO)Cc1ccccc1OC. The fourth-order valence-electron chi connectivity index (χ4n) is 1.76. The van der Waals surface area contributed by atoms with E-state index < -0.39 is 0 Å². The van der Waals surface area contributed by atoms with Gasteiger partial charge < -0.3 is 9.84 Å². The Balaban J connectivity index is 2.66. The van der Waals surface area contributed by atoms with Gasteiger partial charge in [-0.15, -0.1) is 6.58 Å². The van der Waals surface area contributed by atoms with E-state index in [1.54, 1.807) is 7.11 Å². The van der Waals surface area contributed by atoms with Crippen molar-refractivity contribution in [3.05, 3.63) is 42.5 Å². The van der Waals surface area contributed by atoms with Crippen molar-refractivity contribution in [3.8, 4) is 5.75 Å². The molecule has 0 aliphatic heterocycles. The number of nitrogens with zero attached hydrogens (tertiary/aromatic N) is 1. The lowest BCUT2D eigenvalue weighted by Crippen LogP contribution is -2.27. The maximum Gasteiger partial charge on any atom is 0.123 e. The Morgan fingerprint density at radius 2 is 2.12 bits per heavy atom. The predicted molar refractivity (Wildman–Crippen MR) is 70.2 cm³/mol. The lowest BCUT2D eigenvalue weighted by atomic mass is 10.2. The number of methoxy groups -OCH3 is 1. The number of rotatable bonds is 8. The van der Waals surface area contributed by atoms with Gasteiger partial charge >= 0.3 is 0 Å². The van der Waals surface area contributed by atoms with Gasteiger partial charge in [0.1, 0.15) is 5.75 Å². The molecule has 17 heavy (non-hydrogen) atoms. The van der Waals surface area contributed by atoms with Crippen LogP contribution in [0.25, 0.3) is 0 Å². The van der Waals surface area contributed by atoms with Crippen LogP contribution in [0, 0.1) is 0 Å². The molecule has 0 aliphatic rings. The van der Waals surface area contributed by atoms with Gasteiger partial charge in [-0.1, -0.05) is 24.3 Å². The minimum atomic E-state index is 0.173. The molecule has 94 valence electrons. The first-order chi connectivity index (χ1) is 8.31. The predicted octanol–water partition coefficient (Wildman–Crippen LogP) is 2.07. The first kappa shape index (κ1) is 13.7. The summed E-state index contributed by atoms with van der Waals surface area (Å²) in [6.07, 6.45) is 2.82. The Bertz CT molecular complexity index is 339. The van der Waals surface area contributed by atoms with E-state index in [9.17, 15) is 0 Å². The Morgan fingerprint density at radius 3 is 2.76 bits per heavy atom. The van der Waals surface area contributed by atoms with Gasteiger partial charge in [-0.05, 0) is 12.5 Å². The molecule has 0 heterocycles. The number of hydrogen-bond acceptors (Lipinski definition) is 3. The number of aliphatic hydroxyl groups excluding tert-OH is 1. The zero-order chi connectivity index (χ0) is 12.5. The van der Waals surface area contributed by atoms with Crippen LogP contribution in [-0.2, 0) is 6.54 Å². The maximum atomic E-state index is 9.04. The Hall–Kier alpha value is -1.32. The Morgan fingerprint density at radius 1 is 1.35 bits per heavy atom. The highest BCUT2D eigenvalue weighted by Gasteiger charge is 2.08. The van der Waals surface area contributed by atoms with Crippen LogP contribution in [0.2, 0.25) is 0 Å². The molecule has 0 atom stereocenters. The van der Waals surface area contributed by atoms with Gasteiger partial charge in [-0.3, -0.25) is 4.90 Å². The summed E-state index contributed by atoms with van der Waals surface area (Å²) in [6, 6.07) is 7.97. The van der Waals surface area contributed by atoms with Gasteiger partial charge in [0.25, 0.3) is 0 Å². The third kappa shape index (κ3) is 4.59. The summed E-state index contributed by atoms with van der Waals surface area (Å²) < 4.78 is 5.32. The molecule has 0 saturated heterocycles. The molecule has 0 spiro atoms. The van der Waals surface area contributed by atoms with Gasteiger partial charge in [0.2, 0.25) is 0 Å². The van der Waals surface area contributed by atoms with Crippen molar-refractivity contribution in [1.29, 1.82) is 0 Å². The van der Waals surface area contributed by atoms with Crippen LogP contribution < -0.4 is 4.74 Å². The van der Waals surface area contributed by atoms with Gasteiger partial charge in [-0.2, -0.15) is 0 Å². The monoisotopic (exact) mass is 235 g/mol. The summed E-state index contributed by atoms with van der Waals surface area (Å²) in [5, 5.41) is 9.04. The van der Waals surface area contributed by atoms with E-state index in [0.717, 1.165) is 30.8 Å². The highest BCUT2D eigenvalue weighted by atomic mass is 16.5. The average molecular weight is 235 g/mol. The molecule has 0 bridgehead atoms. The Kier molecular flexibility index (Phi) is 6.37. The van der Waals surface area contributed by atoms with E-state index in [0.29, 0.717) is 6.54 Å². The summed E-state index contributed by atoms with van der Waals surface area (Å²) >= 11 is 0. The van der Waals surface area contributed by atoms with E-state index in [4.69, 9.17) is 9.84 Å². The quantitative estimate of drug-likeness (QED) is 0.700. The van der Waals surface area contributed by atoms with Crippen molar-refractivity contribution in [3.63, 3.8) is 0 Å². The topological polar surface area (TPSA) is 32.7 Å². The second-order valence-corrected chi connectivity index (χ2v) is 3.89. The minimum Gasteiger partial charge on any atom is -0.496 e. The maximum absolute atomic E-state index is 9.04. The third-order valence-corrected chi connectivity index (χ3v) is 2.65. The highest BCUT2D eigenvalue weighted by Crippen LogP contribution is 2.19. The summed E-state index contributed by atoms with van der Waals surface area (Å²) in [4.78, 5) is 2.19. The summed E-state index contributed by atoms with van der Waals surface area (Å²) in [7, 11) is 1.68. The van der Waals surface area contributed by atoms with Crippen LogP contribution in [-0.4, -0.2) is 36.8 Å². The van der Waals surface area contributed by atoms with Crippen LogP contribution in [0.1, 0.15) is 12.0 Å². The van der Waals surface area contributed by atoms with Crippen LogP contribution in [0.5, 0.6) is 5.75 Å². The smallest absolute Gasteiger partial charge is 0.123 e. The van der Waals surface area contributed by atoms with Crippen molar-refractivity contribution in [2.24, 2.45) is 0 Å². The van der Waals surface area contributed by atoms with Crippen molar-refractivity contribution in [1.82, 2.24) is 4.90 Å². The molecule has 3 heteroatoms. The molecule has 3 nitrogen and oxygen atoms in total. The first-order valence-corrected chi connectivity index (χ1v) is 5.87. The molecular weight excluding hydrogens is 214 g/mol. The van der Waals surface area contributed by atoms with Crippen LogP contribution in [0.3, 0.4) is 0 Å². The van der Waals surface area contributed by atoms with Gasteiger partial charge in [0.05, 0.1) is 13.7 Å². The molecule has 0 aliphatic carbocycles. The molecule has 1 rings (SSSR count). The molecule has 1 aromatic carbocycles. The molecule has 0 amide bonds. The number of aliphatic hydroxyl groups is 1. The zero-order valence-electron chi connectivity index (χ0n) is 10.4. The number of para-hydroxylation sites is 1. The largest absolute Gasteiger partial charge is 0.496 e. The lowest BCUT2D eigenvalue weighted by molar-refractivity contribution is 0.191. The van der Waals surface area contributed by atoms with Crippen LogP contribution in [0.15, 0.2) is 36.9 Å². The van der Waals surface area contributed by atoms with E-state index in [1.165, 1.54) is 0 Å². The summed E-state index contributed by atoms with van der Waals surface area (Å²) in [5.74, 6) is 0.897. The van der Waals surface area contributed by atoms with Gasteiger partial charge in [-0.25, -0.2) is 0 Å². The van der Waals surface area contributed by atoms with Gasteiger partial charge in [0, 0.05) is 25.2 Å².